The number of rotatable bonds is 3. The number of benzene rings is 2. The van der Waals surface area contributed by atoms with Crippen molar-refractivity contribution in [3.8, 4) is 11.1 Å². The Morgan fingerprint density at radius 3 is 2.64 bits per heavy atom. The van der Waals surface area contributed by atoms with Gasteiger partial charge in [-0.05, 0) is 60.4 Å². The first-order valence-corrected chi connectivity index (χ1v) is 12.8. The third-order valence-electron chi connectivity index (χ3n) is 8.10. The van der Waals surface area contributed by atoms with Gasteiger partial charge in [-0.2, -0.15) is 18.3 Å². The highest BCUT2D eigenvalue weighted by molar-refractivity contribution is 6.10. The molecule has 2 aliphatic heterocycles. The zero-order valence-corrected chi connectivity index (χ0v) is 21.1. The predicted molar refractivity (Wildman–Crippen MR) is 134 cm³/mol. The smallest absolute Gasteiger partial charge is 0.325 e. The van der Waals surface area contributed by atoms with E-state index in [2.05, 4.69) is 15.5 Å². The number of imide groups is 1. The number of hydrogen-bond acceptors (Lipinski definition) is 4. The van der Waals surface area contributed by atoms with Crippen LogP contribution in [0, 0.1) is 6.92 Å². The largest absolute Gasteiger partial charge is 0.408 e. The molecule has 3 heterocycles. The summed E-state index contributed by atoms with van der Waals surface area (Å²) >= 11 is 0. The monoisotopic (exact) mass is 537 g/mol. The van der Waals surface area contributed by atoms with E-state index >= 15 is 0 Å². The molecule has 1 spiro atoms. The molecule has 3 aliphatic rings. The first kappa shape index (κ1) is 25.1. The SMILES string of the molecule is Cc1ccc2c(c1)CC[C@@H](C(F)(F)F)N(C(=O)CN1C(=O)N[C@]3(CCc4cc(-c5cn[nH]c5)ccc43)C1=O)C2. The van der Waals surface area contributed by atoms with Crippen LogP contribution in [0.3, 0.4) is 0 Å². The summed E-state index contributed by atoms with van der Waals surface area (Å²) in [6.07, 6.45) is -0.515. The van der Waals surface area contributed by atoms with Crippen LogP contribution in [0.2, 0.25) is 0 Å². The summed E-state index contributed by atoms with van der Waals surface area (Å²) in [5.41, 5.74) is 4.28. The van der Waals surface area contributed by atoms with Gasteiger partial charge in [0.05, 0.1) is 6.20 Å². The van der Waals surface area contributed by atoms with E-state index in [9.17, 15) is 27.6 Å². The summed E-state index contributed by atoms with van der Waals surface area (Å²) < 4.78 is 42.2. The summed E-state index contributed by atoms with van der Waals surface area (Å²) in [7, 11) is 0. The van der Waals surface area contributed by atoms with E-state index in [0.29, 0.717) is 24.0 Å². The second-order valence-electron chi connectivity index (χ2n) is 10.5. The van der Waals surface area contributed by atoms with E-state index in [1.807, 2.05) is 25.1 Å². The van der Waals surface area contributed by atoms with E-state index in [0.717, 1.165) is 37.6 Å². The van der Waals surface area contributed by atoms with Crippen molar-refractivity contribution in [1.29, 1.82) is 0 Å². The molecule has 1 aliphatic carbocycles. The molecular weight excluding hydrogens is 511 g/mol. The standard InChI is InChI=1S/C28H26F3N5O3/c1-16-2-3-20-14-35(23(28(29,30)31)7-5-17(20)10-16)24(37)15-36-25(38)27(34-26(36)39)9-8-19-11-18(4-6-22(19)27)21-12-32-33-13-21/h2-4,6,10-13,23H,5,7-9,14-15H2,1H3,(H,32,33)(H,34,39)/t23-,27-/m0/s1. The Balaban J connectivity index is 1.26. The van der Waals surface area contributed by atoms with Gasteiger partial charge in [0.1, 0.15) is 18.1 Å². The van der Waals surface area contributed by atoms with Crippen molar-refractivity contribution >= 4 is 17.8 Å². The van der Waals surface area contributed by atoms with Crippen LogP contribution in [0.4, 0.5) is 18.0 Å². The summed E-state index contributed by atoms with van der Waals surface area (Å²) in [5, 5.41) is 9.46. The van der Waals surface area contributed by atoms with Crippen LogP contribution in [-0.4, -0.2) is 56.6 Å². The van der Waals surface area contributed by atoms with E-state index in [1.54, 1.807) is 30.6 Å². The van der Waals surface area contributed by atoms with Crippen LogP contribution in [-0.2, 0) is 34.5 Å². The Kier molecular flexibility index (Phi) is 5.78. The Labute approximate surface area is 222 Å². The molecule has 1 aromatic heterocycles. The normalized spacial score (nSPS) is 22.6. The summed E-state index contributed by atoms with van der Waals surface area (Å²) in [6.45, 7) is 0.859. The fourth-order valence-electron chi connectivity index (χ4n) is 6.10. The number of carbonyl (C=O) groups excluding carboxylic acids is 3. The first-order valence-electron chi connectivity index (χ1n) is 12.8. The number of hydrogen-bond donors (Lipinski definition) is 2. The molecule has 202 valence electrons. The number of nitrogens with zero attached hydrogens (tertiary/aromatic N) is 3. The number of urea groups is 1. The molecular formula is C28H26F3N5O3. The summed E-state index contributed by atoms with van der Waals surface area (Å²) in [6, 6.07) is 8.12. The average molecular weight is 538 g/mol. The number of amides is 4. The third kappa shape index (κ3) is 4.16. The average Bonchev–Trinajstić information content (AvgIpc) is 3.56. The minimum atomic E-state index is -4.65. The highest BCUT2D eigenvalue weighted by Gasteiger charge is 2.56. The quantitative estimate of drug-likeness (QED) is 0.494. The van der Waals surface area contributed by atoms with Crippen molar-refractivity contribution in [1.82, 2.24) is 25.3 Å². The molecule has 3 aromatic rings. The summed E-state index contributed by atoms with van der Waals surface area (Å²) in [5.74, 6) is -1.54. The minimum Gasteiger partial charge on any atom is -0.325 e. The molecule has 2 aromatic carbocycles. The van der Waals surface area contributed by atoms with Gasteiger partial charge in [0.25, 0.3) is 5.91 Å². The van der Waals surface area contributed by atoms with Crippen LogP contribution < -0.4 is 5.32 Å². The van der Waals surface area contributed by atoms with Gasteiger partial charge in [0.15, 0.2) is 0 Å². The lowest BCUT2D eigenvalue weighted by Crippen LogP contribution is -2.52. The summed E-state index contributed by atoms with van der Waals surface area (Å²) in [4.78, 5) is 41.6. The molecule has 6 rings (SSSR count). The molecule has 2 N–H and O–H groups in total. The van der Waals surface area contributed by atoms with Gasteiger partial charge in [0.2, 0.25) is 5.91 Å². The number of aromatic nitrogens is 2. The van der Waals surface area contributed by atoms with Crippen LogP contribution in [0.5, 0.6) is 0 Å². The molecule has 0 bridgehead atoms. The van der Waals surface area contributed by atoms with Crippen molar-refractivity contribution in [2.24, 2.45) is 0 Å². The molecule has 0 unspecified atom stereocenters. The van der Waals surface area contributed by atoms with Crippen LogP contribution in [0.25, 0.3) is 11.1 Å². The molecule has 11 heteroatoms. The van der Waals surface area contributed by atoms with Crippen molar-refractivity contribution in [2.45, 2.75) is 56.9 Å². The Bertz CT molecular complexity index is 1490. The number of fused-ring (bicyclic) bond motifs is 3. The molecule has 8 nitrogen and oxygen atoms in total. The number of aromatic amines is 1. The van der Waals surface area contributed by atoms with Gasteiger partial charge < -0.3 is 10.2 Å². The number of nitrogens with one attached hydrogen (secondary N) is 2. The molecule has 2 atom stereocenters. The van der Waals surface area contributed by atoms with Crippen molar-refractivity contribution < 1.29 is 27.6 Å². The van der Waals surface area contributed by atoms with Crippen LogP contribution >= 0.6 is 0 Å². The Hall–Kier alpha value is -4.15. The molecule has 4 amide bonds. The molecule has 1 fully saturated rings. The lowest BCUT2D eigenvalue weighted by Gasteiger charge is -2.32. The predicted octanol–water partition coefficient (Wildman–Crippen LogP) is 3.98. The van der Waals surface area contributed by atoms with Gasteiger partial charge >= 0.3 is 12.2 Å². The molecule has 39 heavy (non-hydrogen) atoms. The third-order valence-corrected chi connectivity index (χ3v) is 8.10. The van der Waals surface area contributed by atoms with Gasteiger partial charge in [0, 0.05) is 18.3 Å². The van der Waals surface area contributed by atoms with Gasteiger partial charge in [-0.15, -0.1) is 0 Å². The van der Waals surface area contributed by atoms with Crippen molar-refractivity contribution in [3.05, 3.63) is 76.6 Å². The van der Waals surface area contributed by atoms with E-state index < -0.39 is 42.1 Å². The van der Waals surface area contributed by atoms with Crippen LogP contribution in [0.1, 0.15) is 40.7 Å². The highest BCUT2D eigenvalue weighted by Crippen LogP contribution is 2.43. The van der Waals surface area contributed by atoms with Gasteiger partial charge in [-0.1, -0.05) is 42.0 Å². The highest BCUT2D eigenvalue weighted by atomic mass is 19.4. The Morgan fingerprint density at radius 1 is 1.08 bits per heavy atom. The first-order chi connectivity index (χ1) is 18.6. The lowest BCUT2D eigenvalue weighted by atomic mass is 9.90. The Morgan fingerprint density at radius 2 is 1.90 bits per heavy atom. The fourth-order valence-corrected chi connectivity index (χ4v) is 6.10. The maximum atomic E-state index is 14.1. The van der Waals surface area contributed by atoms with Crippen molar-refractivity contribution in [2.75, 3.05) is 6.54 Å². The van der Waals surface area contributed by atoms with Gasteiger partial charge in [-0.25, -0.2) is 4.79 Å². The van der Waals surface area contributed by atoms with E-state index in [-0.39, 0.29) is 19.4 Å². The van der Waals surface area contributed by atoms with E-state index in [1.165, 1.54) is 0 Å². The minimum absolute atomic E-state index is 0.175. The number of alkyl halides is 3. The molecule has 0 saturated carbocycles. The number of aryl methyl sites for hydroxylation is 3. The lowest BCUT2D eigenvalue weighted by molar-refractivity contribution is -0.192. The second-order valence-corrected chi connectivity index (χ2v) is 10.5. The fraction of sp³-hybridized carbons (Fsp3) is 0.357. The molecule has 0 radical (unpaired) electrons. The number of H-pyrrole nitrogens is 1. The zero-order chi connectivity index (χ0) is 27.5. The number of halogens is 3. The second kappa shape index (κ2) is 8.96. The maximum absolute atomic E-state index is 14.1. The maximum Gasteiger partial charge on any atom is 0.408 e. The topological polar surface area (TPSA) is 98.4 Å². The number of carbonyl (C=O) groups is 3. The van der Waals surface area contributed by atoms with Crippen LogP contribution in [0.15, 0.2) is 48.8 Å². The van der Waals surface area contributed by atoms with E-state index in [4.69, 9.17) is 0 Å². The zero-order valence-electron chi connectivity index (χ0n) is 21.1. The van der Waals surface area contributed by atoms with Crippen molar-refractivity contribution in [3.63, 3.8) is 0 Å². The molecule has 1 saturated heterocycles. The van der Waals surface area contributed by atoms with Gasteiger partial charge in [-0.3, -0.25) is 19.6 Å².